The van der Waals surface area contributed by atoms with Gasteiger partial charge in [0.25, 0.3) is 5.91 Å². The van der Waals surface area contributed by atoms with Crippen molar-refractivity contribution in [3.8, 4) is 5.75 Å². The molecule has 1 aromatic carbocycles. The highest BCUT2D eigenvalue weighted by Gasteiger charge is 2.54. The Morgan fingerprint density at radius 1 is 1.04 bits per heavy atom. The van der Waals surface area contributed by atoms with Crippen LogP contribution in [0, 0.1) is 17.8 Å². The van der Waals surface area contributed by atoms with Crippen LogP contribution in [0.15, 0.2) is 24.3 Å². The molecule has 0 unspecified atom stereocenters. The number of amides is 2. The first-order valence-electron chi connectivity index (χ1n) is 8.40. The number of nitrogens with one attached hydrogen (secondary N) is 2. The van der Waals surface area contributed by atoms with E-state index >= 15 is 0 Å². The van der Waals surface area contributed by atoms with E-state index in [4.69, 9.17) is 4.74 Å². The predicted octanol–water partition coefficient (Wildman–Crippen LogP) is 1.98. The minimum absolute atomic E-state index is 0.137. The molecule has 2 atom stereocenters. The summed E-state index contributed by atoms with van der Waals surface area (Å²) in [4.78, 5) is 24.1. The molecule has 0 radical (unpaired) electrons. The molecular weight excluding hydrogens is 292 g/mol. The van der Waals surface area contributed by atoms with Crippen molar-refractivity contribution >= 4 is 11.8 Å². The van der Waals surface area contributed by atoms with Crippen LogP contribution in [0.2, 0.25) is 0 Å². The lowest BCUT2D eigenvalue weighted by atomic mass is 10.0. The Hall–Kier alpha value is -2.04. The second kappa shape index (κ2) is 7.02. The fourth-order valence-corrected chi connectivity index (χ4v) is 3.71. The number of methoxy groups -OCH3 is 1. The molecule has 0 bridgehead atoms. The molecule has 2 fully saturated rings. The van der Waals surface area contributed by atoms with Crippen molar-refractivity contribution < 1.29 is 14.3 Å². The van der Waals surface area contributed by atoms with Crippen LogP contribution in [0.4, 0.5) is 0 Å². The van der Waals surface area contributed by atoms with Crippen molar-refractivity contribution in [3.05, 3.63) is 29.8 Å². The van der Waals surface area contributed by atoms with Gasteiger partial charge in [-0.05, 0) is 48.9 Å². The molecule has 0 aromatic heterocycles. The first kappa shape index (κ1) is 15.8. The molecule has 5 heteroatoms. The Labute approximate surface area is 136 Å². The average Bonchev–Trinajstić information content (AvgIpc) is 3.33. The molecule has 2 amide bonds. The third kappa shape index (κ3) is 3.66. The SMILES string of the molecule is COc1ccc(C(=O)NCCNC(=O)C2[C@H]3CCCC[C@H]23)cc1. The fraction of sp³-hybridized carbons (Fsp3) is 0.556. The standard InChI is InChI=1S/C18H24N2O3/c1-23-13-8-6-12(7-9-13)17(21)19-10-11-20-18(22)16-14-4-2-3-5-15(14)16/h6-9,14-16H,2-5,10-11H2,1H3,(H,19,21)(H,20,22)/t14-,15-/m0/s1. The molecule has 0 aliphatic heterocycles. The lowest BCUT2D eigenvalue weighted by Gasteiger charge is -2.07. The molecular formula is C18H24N2O3. The van der Waals surface area contributed by atoms with E-state index in [-0.39, 0.29) is 17.7 Å². The number of benzene rings is 1. The third-order valence-corrected chi connectivity index (χ3v) is 5.02. The number of rotatable bonds is 6. The number of ether oxygens (including phenoxy) is 1. The van der Waals surface area contributed by atoms with Gasteiger partial charge in [0.1, 0.15) is 5.75 Å². The lowest BCUT2D eigenvalue weighted by molar-refractivity contribution is -0.122. The molecule has 2 N–H and O–H groups in total. The van der Waals surface area contributed by atoms with Crippen LogP contribution in [0.5, 0.6) is 5.75 Å². The maximum Gasteiger partial charge on any atom is 0.251 e. The molecule has 2 aliphatic rings. The Morgan fingerprint density at radius 2 is 1.65 bits per heavy atom. The summed E-state index contributed by atoms with van der Waals surface area (Å²) < 4.78 is 5.06. The number of fused-ring (bicyclic) bond motifs is 1. The molecule has 23 heavy (non-hydrogen) atoms. The predicted molar refractivity (Wildman–Crippen MR) is 87.3 cm³/mol. The van der Waals surface area contributed by atoms with E-state index in [9.17, 15) is 9.59 Å². The molecule has 124 valence electrons. The number of carbonyl (C=O) groups is 2. The molecule has 0 spiro atoms. The summed E-state index contributed by atoms with van der Waals surface area (Å²) in [5, 5.41) is 5.77. The molecule has 1 aromatic rings. The van der Waals surface area contributed by atoms with Gasteiger partial charge in [-0.1, -0.05) is 12.8 Å². The Kier molecular flexibility index (Phi) is 4.84. The van der Waals surface area contributed by atoms with Crippen molar-refractivity contribution in [2.45, 2.75) is 25.7 Å². The Balaban J connectivity index is 1.36. The summed E-state index contributed by atoms with van der Waals surface area (Å²) in [6.45, 7) is 0.926. The second-order valence-corrected chi connectivity index (χ2v) is 6.41. The highest BCUT2D eigenvalue weighted by Crippen LogP contribution is 2.55. The number of hydrogen-bond donors (Lipinski definition) is 2. The monoisotopic (exact) mass is 316 g/mol. The van der Waals surface area contributed by atoms with Crippen LogP contribution in [0.3, 0.4) is 0 Å². The zero-order valence-electron chi connectivity index (χ0n) is 13.5. The van der Waals surface area contributed by atoms with Crippen LogP contribution in [-0.2, 0) is 4.79 Å². The van der Waals surface area contributed by atoms with Gasteiger partial charge in [-0.15, -0.1) is 0 Å². The van der Waals surface area contributed by atoms with Crippen LogP contribution in [0.25, 0.3) is 0 Å². The summed E-state index contributed by atoms with van der Waals surface area (Å²) in [7, 11) is 1.59. The quantitative estimate of drug-likeness (QED) is 0.789. The zero-order valence-corrected chi connectivity index (χ0v) is 13.5. The zero-order chi connectivity index (χ0) is 16.2. The van der Waals surface area contributed by atoms with Gasteiger partial charge in [-0.2, -0.15) is 0 Å². The third-order valence-electron chi connectivity index (χ3n) is 5.02. The highest BCUT2D eigenvalue weighted by molar-refractivity contribution is 5.94. The largest absolute Gasteiger partial charge is 0.497 e. The average molecular weight is 316 g/mol. The summed E-state index contributed by atoms with van der Waals surface area (Å²) in [5.41, 5.74) is 0.588. The Bertz CT molecular complexity index is 558. The first-order chi connectivity index (χ1) is 11.2. The van der Waals surface area contributed by atoms with Crippen molar-refractivity contribution in [2.24, 2.45) is 17.8 Å². The lowest BCUT2D eigenvalue weighted by Crippen LogP contribution is -2.35. The van der Waals surface area contributed by atoms with E-state index in [1.165, 1.54) is 25.7 Å². The van der Waals surface area contributed by atoms with Crippen molar-refractivity contribution in [1.82, 2.24) is 10.6 Å². The maximum absolute atomic E-state index is 12.1. The minimum Gasteiger partial charge on any atom is -0.497 e. The van der Waals surface area contributed by atoms with E-state index in [1.807, 2.05) is 0 Å². The molecule has 5 nitrogen and oxygen atoms in total. The number of hydrogen-bond acceptors (Lipinski definition) is 3. The van der Waals surface area contributed by atoms with E-state index < -0.39 is 0 Å². The van der Waals surface area contributed by atoms with Gasteiger partial charge in [0, 0.05) is 24.6 Å². The molecule has 2 saturated carbocycles. The van der Waals surface area contributed by atoms with Gasteiger partial charge in [0.2, 0.25) is 5.91 Å². The smallest absolute Gasteiger partial charge is 0.251 e. The van der Waals surface area contributed by atoms with Gasteiger partial charge in [-0.25, -0.2) is 0 Å². The van der Waals surface area contributed by atoms with Gasteiger partial charge < -0.3 is 15.4 Å². The molecule has 2 aliphatic carbocycles. The van der Waals surface area contributed by atoms with Gasteiger partial charge in [-0.3, -0.25) is 9.59 Å². The van der Waals surface area contributed by atoms with Crippen molar-refractivity contribution in [1.29, 1.82) is 0 Å². The maximum atomic E-state index is 12.1. The number of carbonyl (C=O) groups excluding carboxylic acids is 2. The normalized spacial score (nSPS) is 25.2. The van der Waals surface area contributed by atoms with Gasteiger partial charge in [0.05, 0.1) is 7.11 Å². The van der Waals surface area contributed by atoms with Crippen LogP contribution >= 0.6 is 0 Å². The van der Waals surface area contributed by atoms with E-state index in [2.05, 4.69) is 10.6 Å². The Morgan fingerprint density at radius 3 is 2.26 bits per heavy atom. The van der Waals surface area contributed by atoms with E-state index in [1.54, 1.807) is 31.4 Å². The minimum atomic E-state index is -0.137. The summed E-state index contributed by atoms with van der Waals surface area (Å²) in [5.74, 6) is 2.23. The van der Waals surface area contributed by atoms with Crippen LogP contribution in [0.1, 0.15) is 36.0 Å². The van der Waals surface area contributed by atoms with Gasteiger partial charge in [0.15, 0.2) is 0 Å². The summed E-state index contributed by atoms with van der Waals surface area (Å²) >= 11 is 0. The highest BCUT2D eigenvalue weighted by atomic mass is 16.5. The fourth-order valence-electron chi connectivity index (χ4n) is 3.71. The topological polar surface area (TPSA) is 67.4 Å². The molecule has 0 saturated heterocycles. The molecule has 3 rings (SSSR count). The van der Waals surface area contributed by atoms with Gasteiger partial charge >= 0.3 is 0 Å². The van der Waals surface area contributed by atoms with E-state index in [0.717, 1.165) is 5.75 Å². The van der Waals surface area contributed by atoms with Crippen LogP contribution < -0.4 is 15.4 Å². The van der Waals surface area contributed by atoms with Crippen LogP contribution in [-0.4, -0.2) is 32.0 Å². The molecule has 0 heterocycles. The van der Waals surface area contributed by atoms with Crippen molar-refractivity contribution in [2.75, 3.05) is 20.2 Å². The summed E-state index contributed by atoms with van der Waals surface area (Å²) in [6.07, 6.45) is 4.94. The first-order valence-corrected chi connectivity index (χ1v) is 8.40. The summed E-state index contributed by atoms with van der Waals surface area (Å²) in [6, 6.07) is 6.96. The van der Waals surface area contributed by atoms with E-state index in [0.29, 0.717) is 30.5 Å². The van der Waals surface area contributed by atoms with Crippen molar-refractivity contribution in [3.63, 3.8) is 0 Å². The second-order valence-electron chi connectivity index (χ2n) is 6.41.